The summed E-state index contributed by atoms with van der Waals surface area (Å²) < 4.78 is 9.67. The number of pyridine rings is 1. The zero-order valence-corrected chi connectivity index (χ0v) is 7.40. The topological polar surface area (TPSA) is 48.4 Å². The molecule has 0 spiro atoms. The number of nitrogens with zero attached hydrogens (tertiary/aromatic N) is 1. The van der Waals surface area contributed by atoms with Gasteiger partial charge < -0.3 is 9.47 Å². The molecule has 0 aliphatic rings. The highest BCUT2D eigenvalue weighted by Gasteiger charge is 1.99. The lowest BCUT2D eigenvalue weighted by atomic mass is 10.4. The van der Waals surface area contributed by atoms with Gasteiger partial charge in [0.2, 0.25) is 0 Å². The fourth-order valence-electron chi connectivity index (χ4n) is 0.787. The number of carbonyl (C=O) groups is 1. The van der Waals surface area contributed by atoms with E-state index in [4.69, 9.17) is 4.74 Å². The van der Waals surface area contributed by atoms with Gasteiger partial charge in [0, 0.05) is 6.20 Å². The smallest absolute Gasteiger partial charge is 0.308 e. The molecule has 1 rings (SSSR count). The van der Waals surface area contributed by atoms with Crippen LogP contribution in [0.1, 0.15) is 6.42 Å². The SMILES string of the molecule is COC(=O)CCOc1cccnc1. The van der Waals surface area contributed by atoms with E-state index in [9.17, 15) is 4.79 Å². The van der Waals surface area contributed by atoms with Crippen LogP contribution in [-0.2, 0) is 9.53 Å². The Hall–Kier alpha value is -1.58. The van der Waals surface area contributed by atoms with E-state index in [0.29, 0.717) is 12.4 Å². The lowest BCUT2D eigenvalue weighted by molar-refractivity contribution is -0.141. The van der Waals surface area contributed by atoms with Crippen LogP contribution in [0.3, 0.4) is 0 Å². The van der Waals surface area contributed by atoms with Crippen LogP contribution in [0.2, 0.25) is 0 Å². The molecule has 0 fully saturated rings. The predicted molar refractivity (Wildman–Crippen MR) is 46.4 cm³/mol. The summed E-state index contributed by atoms with van der Waals surface area (Å²) in [5.74, 6) is 0.385. The van der Waals surface area contributed by atoms with E-state index in [2.05, 4.69) is 9.72 Å². The highest BCUT2D eigenvalue weighted by atomic mass is 16.5. The van der Waals surface area contributed by atoms with Crippen molar-refractivity contribution in [3.8, 4) is 5.75 Å². The first-order valence-corrected chi connectivity index (χ1v) is 3.92. The third-order valence-electron chi connectivity index (χ3n) is 1.44. The van der Waals surface area contributed by atoms with Crippen molar-refractivity contribution >= 4 is 5.97 Å². The van der Waals surface area contributed by atoms with Gasteiger partial charge in [0.25, 0.3) is 0 Å². The van der Waals surface area contributed by atoms with E-state index >= 15 is 0 Å². The van der Waals surface area contributed by atoms with Crippen LogP contribution in [0.4, 0.5) is 0 Å². The second-order valence-electron chi connectivity index (χ2n) is 2.36. The van der Waals surface area contributed by atoms with E-state index in [0.717, 1.165) is 0 Å². The van der Waals surface area contributed by atoms with Crippen molar-refractivity contribution in [2.75, 3.05) is 13.7 Å². The Bertz CT molecular complexity index is 261. The number of esters is 1. The summed E-state index contributed by atoms with van der Waals surface area (Å²) in [5, 5.41) is 0. The molecule has 70 valence electrons. The van der Waals surface area contributed by atoms with Crippen molar-refractivity contribution < 1.29 is 14.3 Å². The molecule has 0 atom stereocenters. The highest BCUT2D eigenvalue weighted by Crippen LogP contribution is 2.06. The average molecular weight is 181 g/mol. The van der Waals surface area contributed by atoms with Crippen molar-refractivity contribution in [1.29, 1.82) is 0 Å². The number of carbonyl (C=O) groups excluding carboxylic acids is 1. The van der Waals surface area contributed by atoms with Crippen LogP contribution < -0.4 is 4.74 Å². The lowest BCUT2D eigenvalue weighted by Gasteiger charge is -2.03. The maximum atomic E-state index is 10.7. The Morgan fingerprint density at radius 1 is 1.62 bits per heavy atom. The molecule has 0 unspecified atom stereocenters. The van der Waals surface area contributed by atoms with Gasteiger partial charge in [0.05, 0.1) is 26.3 Å². The van der Waals surface area contributed by atoms with Crippen LogP contribution in [0, 0.1) is 0 Å². The largest absolute Gasteiger partial charge is 0.491 e. The predicted octanol–water partition coefficient (Wildman–Crippen LogP) is 1.02. The first-order valence-electron chi connectivity index (χ1n) is 3.92. The fourth-order valence-corrected chi connectivity index (χ4v) is 0.787. The van der Waals surface area contributed by atoms with Gasteiger partial charge in [-0.3, -0.25) is 9.78 Å². The monoisotopic (exact) mass is 181 g/mol. The molecule has 0 aliphatic heterocycles. The minimum Gasteiger partial charge on any atom is -0.491 e. The van der Waals surface area contributed by atoms with Crippen LogP contribution in [-0.4, -0.2) is 24.7 Å². The maximum Gasteiger partial charge on any atom is 0.308 e. The third kappa shape index (κ3) is 3.55. The van der Waals surface area contributed by atoms with E-state index in [1.54, 1.807) is 24.5 Å². The lowest BCUT2D eigenvalue weighted by Crippen LogP contribution is -2.07. The van der Waals surface area contributed by atoms with Gasteiger partial charge >= 0.3 is 5.97 Å². The quantitative estimate of drug-likeness (QED) is 0.651. The standard InChI is InChI=1S/C9H11NO3/c1-12-9(11)4-6-13-8-3-2-5-10-7-8/h2-3,5,7H,4,6H2,1H3. The molecule has 0 saturated carbocycles. The second kappa shape index (κ2) is 5.13. The van der Waals surface area contributed by atoms with Gasteiger partial charge in [0.15, 0.2) is 0 Å². The van der Waals surface area contributed by atoms with Crippen molar-refractivity contribution in [2.24, 2.45) is 0 Å². The second-order valence-corrected chi connectivity index (χ2v) is 2.36. The fraction of sp³-hybridized carbons (Fsp3) is 0.333. The number of aromatic nitrogens is 1. The summed E-state index contributed by atoms with van der Waals surface area (Å²) in [6.07, 6.45) is 3.51. The molecule has 0 amide bonds. The van der Waals surface area contributed by atoms with E-state index in [1.165, 1.54) is 7.11 Å². The summed E-state index contributed by atoms with van der Waals surface area (Å²) in [7, 11) is 1.35. The molecule has 4 heteroatoms. The van der Waals surface area contributed by atoms with Gasteiger partial charge in [-0.1, -0.05) is 0 Å². The number of methoxy groups -OCH3 is 1. The van der Waals surface area contributed by atoms with Gasteiger partial charge in [0.1, 0.15) is 5.75 Å². The summed E-state index contributed by atoms with van der Waals surface area (Å²) in [6, 6.07) is 3.55. The van der Waals surface area contributed by atoms with Gasteiger partial charge in [-0.25, -0.2) is 0 Å². The Kier molecular flexibility index (Phi) is 3.75. The summed E-state index contributed by atoms with van der Waals surface area (Å²) in [5.41, 5.74) is 0. The summed E-state index contributed by atoms with van der Waals surface area (Å²) in [6.45, 7) is 0.318. The van der Waals surface area contributed by atoms with Crippen LogP contribution in [0.15, 0.2) is 24.5 Å². The number of ether oxygens (including phenoxy) is 2. The highest BCUT2D eigenvalue weighted by molar-refractivity contribution is 5.69. The molecule has 0 N–H and O–H groups in total. The Morgan fingerprint density at radius 2 is 2.46 bits per heavy atom. The van der Waals surface area contributed by atoms with E-state index < -0.39 is 0 Å². The molecule has 0 radical (unpaired) electrons. The molecule has 13 heavy (non-hydrogen) atoms. The van der Waals surface area contributed by atoms with Crippen LogP contribution in [0.25, 0.3) is 0 Å². The molecular weight excluding hydrogens is 170 g/mol. The zero-order chi connectivity index (χ0) is 9.52. The first-order chi connectivity index (χ1) is 6.33. The Morgan fingerprint density at radius 3 is 3.08 bits per heavy atom. The molecule has 0 aliphatic carbocycles. The number of rotatable bonds is 4. The third-order valence-corrected chi connectivity index (χ3v) is 1.44. The van der Waals surface area contributed by atoms with Gasteiger partial charge in [-0.05, 0) is 12.1 Å². The van der Waals surface area contributed by atoms with Crippen LogP contribution in [0.5, 0.6) is 5.75 Å². The molecule has 4 nitrogen and oxygen atoms in total. The van der Waals surface area contributed by atoms with Crippen molar-refractivity contribution in [3.05, 3.63) is 24.5 Å². The Labute approximate surface area is 76.5 Å². The molecule has 0 saturated heterocycles. The molecule has 1 heterocycles. The minimum absolute atomic E-state index is 0.255. The summed E-state index contributed by atoms with van der Waals surface area (Å²) in [4.78, 5) is 14.5. The van der Waals surface area contributed by atoms with Gasteiger partial charge in [-0.2, -0.15) is 0 Å². The molecule has 1 aromatic heterocycles. The number of hydrogen-bond acceptors (Lipinski definition) is 4. The van der Waals surface area contributed by atoms with Crippen molar-refractivity contribution in [3.63, 3.8) is 0 Å². The average Bonchev–Trinajstić information content (AvgIpc) is 2.19. The molecular formula is C9H11NO3. The Balaban J connectivity index is 2.24. The molecule has 1 aromatic rings. The zero-order valence-electron chi connectivity index (χ0n) is 7.40. The molecule has 0 aromatic carbocycles. The van der Waals surface area contributed by atoms with E-state index in [1.807, 2.05) is 0 Å². The molecule has 0 bridgehead atoms. The van der Waals surface area contributed by atoms with E-state index in [-0.39, 0.29) is 12.4 Å². The van der Waals surface area contributed by atoms with Crippen LogP contribution >= 0.6 is 0 Å². The number of hydrogen-bond donors (Lipinski definition) is 0. The van der Waals surface area contributed by atoms with Gasteiger partial charge in [-0.15, -0.1) is 0 Å². The summed E-state index contributed by atoms with van der Waals surface area (Å²) >= 11 is 0. The van der Waals surface area contributed by atoms with Crippen molar-refractivity contribution in [2.45, 2.75) is 6.42 Å². The maximum absolute atomic E-state index is 10.7. The minimum atomic E-state index is -0.274. The first kappa shape index (κ1) is 9.51. The normalized spacial score (nSPS) is 9.31. The van der Waals surface area contributed by atoms with Crippen molar-refractivity contribution in [1.82, 2.24) is 4.98 Å².